The number of nitrogens with zero attached hydrogens (tertiary/aromatic N) is 1. The van der Waals surface area contributed by atoms with Gasteiger partial charge in [0.1, 0.15) is 11.5 Å². The van der Waals surface area contributed by atoms with E-state index in [0.29, 0.717) is 56.3 Å². The molecule has 8 heteroatoms. The van der Waals surface area contributed by atoms with Crippen LogP contribution in [0.1, 0.15) is 26.7 Å². The SMILES string of the molecule is CCOc1ccc(OCC)c(NC(=O)C2CCN(S(=O)(=O)c3ccc4ccccc4c3)CC2)c1. The monoisotopic (exact) mass is 482 g/mol. The van der Waals surface area contributed by atoms with E-state index in [1.54, 1.807) is 30.3 Å². The maximum absolute atomic E-state index is 13.2. The first-order valence-corrected chi connectivity index (χ1v) is 13.1. The summed E-state index contributed by atoms with van der Waals surface area (Å²) in [4.78, 5) is 13.3. The van der Waals surface area contributed by atoms with Crippen LogP contribution in [0.3, 0.4) is 0 Å². The maximum atomic E-state index is 13.2. The second-order valence-electron chi connectivity index (χ2n) is 8.20. The number of carbonyl (C=O) groups is 1. The third-order valence-electron chi connectivity index (χ3n) is 6.00. The summed E-state index contributed by atoms with van der Waals surface area (Å²) in [6.07, 6.45) is 0.904. The Bertz CT molecular complexity index is 1270. The number of hydrogen-bond acceptors (Lipinski definition) is 5. The van der Waals surface area contributed by atoms with Gasteiger partial charge < -0.3 is 14.8 Å². The first-order chi connectivity index (χ1) is 16.4. The largest absolute Gasteiger partial charge is 0.494 e. The van der Waals surface area contributed by atoms with Crippen LogP contribution in [0.5, 0.6) is 11.5 Å². The molecule has 0 unspecified atom stereocenters. The molecule has 0 aliphatic carbocycles. The highest BCUT2D eigenvalue weighted by molar-refractivity contribution is 7.89. The summed E-state index contributed by atoms with van der Waals surface area (Å²) >= 11 is 0. The lowest BCUT2D eigenvalue weighted by Gasteiger charge is -2.30. The Hall–Kier alpha value is -3.10. The second-order valence-corrected chi connectivity index (χ2v) is 10.1. The van der Waals surface area contributed by atoms with E-state index in [2.05, 4.69) is 5.32 Å². The molecule has 7 nitrogen and oxygen atoms in total. The maximum Gasteiger partial charge on any atom is 0.243 e. The van der Waals surface area contributed by atoms with Gasteiger partial charge in [0.15, 0.2) is 0 Å². The third kappa shape index (κ3) is 5.18. The van der Waals surface area contributed by atoms with E-state index < -0.39 is 10.0 Å². The molecule has 0 bridgehead atoms. The summed E-state index contributed by atoms with van der Waals surface area (Å²) in [7, 11) is -3.62. The molecule has 0 radical (unpaired) electrons. The van der Waals surface area contributed by atoms with Crippen molar-refractivity contribution in [1.82, 2.24) is 4.31 Å². The van der Waals surface area contributed by atoms with Gasteiger partial charge in [0.05, 0.1) is 23.8 Å². The zero-order valence-electron chi connectivity index (χ0n) is 19.5. The van der Waals surface area contributed by atoms with Gasteiger partial charge in [0.25, 0.3) is 0 Å². The lowest BCUT2D eigenvalue weighted by molar-refractivity contribution is -0.120. The highest BCUT2D eigenvalue weighted by Gasteiger charge is 2.32. The number of sulfonamides is 1. The molecule has 3 aromatic rings. The molecule has 1 aliphatic rings. The average molecular weight is 483 g/mol. The number of anilines is 1. The van der Waals surface area contributed by atoms with Gasteiger partial charge in [-0.1, -0.05) is 30.3 Å². The Kier molecular flexibility index (Phi) is 7.38. The van der Waals surface area contributed by atoms with Gasteiger partial charge in [-0.2, -0.15) is 4.31 Å². The predicted molar refractivity (Wildman–Crippen MR) is 133 cm³/mol. The van der Waals surface area contributed by atoms with Crippen LogP contribution in [-0.2, 0) is 14.8 Å². The van der Waals surface area contributed by atoms with Crippen molar-refractivity contribution in [2.24, 2.45) is 5.92 Å². The minimum atomic E-state index is -3.62. The Morgan fingerprint density at radius 1 is 0.941 bits per heavy atom. The Morgan fingerprint density at radius 2 is 1.65 bits per heavy atom. The minimum Gasteiger partial charge on any atom is -0.494 e. The van der Waals surface area contributed by atoms with E-state index in [4.69, 9.17) is 9.47 Å². The molecule has 1 heterocycles. The number of nitrogens with one attached hydrogen (secondary N) is 1. The van der Waals surface area contributed by atoms with Crippen LogP contribution in [0.2, 0.25) is 0 Å². The number of amides is 1. The fourth-order valence-corrected chi connectivity index (χ4v) is 5.72. The van der Waals surface area contributed by atoms with Crippen molar-refractivity contribution in [2.45, 2.75) is 31.6 Å². The lowest BCUT2D eigenvalue weighted by atomic mass is 9.97. The fourth-order valence-electron chi connectivity index (χ4n) is 4.21. The summed E-state index contributed by atoms with van der Waals surface area (Å²) in [5, 5.41) is 4.84. The number of piperidine rings is 1. The van der Waals surface area contributed by atoms with E-state index in [0.717, 1.165) is 10.8 Å². The van der Waals surface area contributed by atoms with Crippen LogP contribution in [0.4, 0.5) is 5.69 Å². The molecule has 1 aliphatic heterocycles. The molecule has 180 valence electrons. The normalized spacial score (nSPS) is 15.2. The van der Waals surface area contributed by atoms with Gasteiger partial charge in [-0.25, -0.2) is 8.42 Å². The first-order valence-electron chi connectivity index (χ1n) is 11.6. The Labute approximate surface area is 200 Å². The third-order valence-corrected chi connectivity index (χ3v) is 7.90. The summed E-state index contributed by atoms with van der Waals surface area (Å²) in [5.74, 6) is 0.804. The van der Waals surface area contributed by atoms with Crippen LogP contribution in [0.15, 0.2) is 65.6 Å². The number of carbonyl (C=O) groups excluding carboxylic acids is 1. The van der Waals surface area contributed by atoms with Crippen LogP contribution in [0.25, 0.3) is 10.8 Å². The Balaban J connectivity index is 1.43. The molecule has 1 amide bonds. The van der Waals surface area contributed by atoms with E-state index in [1.807, 2.05) is 44.2 Å². The topological polar surface area (TPSA) is 84.9 Å². The van der Waals surface area contributed by atoms with Gasteiger partial charge in [-0.15, -0.1) is 0 Å². The van der Waals surface area contributed by atoms with Crippen LogP contribution < -0.4 is 14.8 Å². The number of fused-ring (bicyclic) bond motifs is 1. The summed E-state index contributed by atoms with van der Waals surface area (Å²) in [5.41, 5.74) is 0.559. The number of rotatable bonds is 8. The predicted octanol–water partition coefficient (Wildman–Crippen LogP) is 4.68. The highest BCUT2D eigenvalue weighted by atomic mass is 32.2. The first kappa shape index (κ1) is 24.0. The average Bonchev–Trinajstić information content (AvgIpc) is 2.85. The van der Waals surface area contributed by atoms with Crippen molar-refractivity contribution in [2.75, 3.05) is 31.6 Å². The van der Waals surface area contributed by atoms with Gasteiger partial charge in [0.2, 0.25) is 15.9 Å². The van der Waals surface area contributed by atoms with Crippen LogP contribution in [0, 0.1) is 5.92 Å². The molecule has 0 aromatic heterocycles. The van der Waals surface area contributed by atoms with Gasteiger partial charge >= 0.3 is 0 Å². The van der Waals surface area contributed by atoms with Crippen LogP contribution in [-0.4, -0.2) is 44.9 Å². The standard InChI is InChI=1S/C26H30N2O5S/c1-3-32-22-10-12-25(33-4-2)24(18-22)27-26(29)20-13-15-28(16-14-20)34(30,31)23-11-9-19-7-5-6-8-21(19)17-23/h5-12,17-18,20H,3-4,13-16H2,1-2H3,(H,27,29). The van der Waals surface area contributed by atoms with E-state index in [9.17, 15) is 13.2 Å². The van der Waals surface area contributed by atoms with Gasteiger partial charge in [-0.05, 0) is 61.7 Å². The highest BCUT2D eigenvalue weighted by Crippen LogP contribution is 2.32. The van der Waals surface area contributed by atoms with Gasteiger partial charge in [0, 0.05) is 25.1 Å². The second kappa shape index (κ2) is 10.4. The van der Waals surface area contributed by atoms with Crippen molar-refractivity contribution in [3.8, 4) is 11.5 Å². The van der Waals surface area contributed by atoms with Crippen LogP contribution >= 0.6 is 0 Å². The smallest absolute Gasteiger partial charge is 0.243 e. The van der Waals surface area contributed by atoms with Crippen molar-refractivity contribution >= 4 is 32.4 Å². The zero-order chi connectivity index (χ0) is 24.1. The van der Waals surface area contributed by atoms with Crippen molar-refractivity contribution < 1.29 is 22.7 Å². The van der Waals surface area contributed by atoms with Crippen molar-refractivity contribution in [3.63, 3.8) is 0 Å². The molecule has 0 saturated carbocycles. The fraction of sp³-hybridized carbons (Fsp3) is 0.346. The molecule has 1 fully saturated rings. The molecule has 34 heavy (non-hydrogen) atoms. The zero-order valence-corrected chi connectivity index (χ0v) is 20.3. The molecule has 1 saturated heterocycles. The van der Waals surface area contributed by atoms with Gasteiger partial charge in [-0.3, -0.25) is 4.79 Å². The van der Waals surface area contributed by atoms with E-state index in [-0.39, 0.29) is 16.7 Å². The van der Waals surface area contributed by atoms with E-state index in [1.165, 1.54) is 4.31 Å². The Morgan fingerprint density at radius 3 is 2.35 bits per heavy atom. The van der Waals surface area contributed by atoms with E-state index >= 15 is 0 Å². The molecular formula is C26H30N2O5S. The molecule has 3 aromatic carbocycles. The summed E-state index contributed by atoms with van der Waals surface area (Å²) in [6.45, 7) is 5.37. The minimum absolute atomic E-state index is 0.141. The number of ether oxygens (including phenoxy) is 2. The molecule has 0 atom stereocenters. The van der Waals surface area contributed by atoms with Crippen molar-refractivity contribution in [1.29, 1.82) is 0 Å². The summed E-state index contributed by atoms with van der Waals surface area (Å²) < 4.78 is 39.1. The molecule has 4 rings (SSSR count). The molecule has 1 N–H and O–H groups in total. The molecule has 0 spiro atoms. The quantitative estimate of drug-likeness (QED) is 0.504. The molecular weight excluding hydrogens is 452 g/mol. The number of benzene rings is 3. The number of hydrogen-bond donors (Lipinski definition) is 1. The van der Waals surface area contributed by atoms with Crippen molar-refractivity contribution in [3.05, 3.63) is 60.7 Å². The lowest BCUT2D eigenvalue weighted by Crippen LogP contribution is -2.41. The summed E-state index contributed by atoms with van der Waals surface area (Å²) in [6, 6.07) is 18.2.